The molecule has 0 saturated carbocycles. The van der Waals surface area contributed by atoms with Crippen molar-refractivity contribution in [2.45, 2.75) is 25.7 Å². The minimum atomic E-state index is -3.86. The van der Waals surface area contributed by atoms with E-state index in [2.05, 4.69) is 10.0 Å². The van der Waals surface area contributed by atoms with Crippen LogP contribution in [0.15, 0.2) is 83.8 Å². The van der Waals surface area contributed by atoms with Gasteiger partial charge in [-0.3, -0.25) is 9.52 Å². The van der Waals surface area contributed by atoms with Gasteiger partial charge in [0.15, 0.2) is 0 Å². The van der Waals surface area contributed by atoms with E-state index < -0.39 is 10.0 Å². The van der Waals surface area contributed by atoms with Gasteiger partial charge in [-0.1, -0.05) is 42.5 Å². The average molecular weight is 489 g/mol. The molecule has 0 spiro atoms. The summed E-state index contributed by atoms with van der Waals surface area (Å²) in [5.41, 5.74) is 3.36. The van der Waals surface area contributed by atoms with Gasteiger partial charge < -0.3 is 10.1 Å². The van der Waals surface area contributed by atoms with Crippen LogP contribution in [0.5, 0.6) is 5.75 Å². The highest BCUT2D eigenvalue weighted by molar-refractivity contribution is 7.92. The molecule has 0 radical (unpaired) electrons. The van der Waals surface area contributed by atoms with Crippen molar-refractivity contribution in [2.24, 2.45) is 0 Å². The van der Waals surface area contributed by atoms with E-state index >= 15 is 0 Å². The van der Waals surface area contributed by atoms with Crippen molar-refractivity contribution in [3.05, 3.63) is 101 Å². The summed E-state index contributed by atoms with van der Waals surface area (Å²) in [6, 6.07) is 23.9. The van der Waals surface area contributed by atoms with Crippen LogP contribution in [-0.2, 0) is 10.0 Å². The zero-order chi connectivity index (χ0) is 25.0. The maximum absolute atomic E-state index is 13.0. The number of hydrogen-bond donors (Lipinski definition) is 2. The standard InChI is InChI=1S/C28H28N2O4S/c1-19-9-12-25(16-21(19)3)30-35(32,33)27-18-24(10-8-20(27)2)28(31)29-14-15-34-26-13-11-22-6-4-5-7-23(22)17-26/h4-13,16-18,30H,14-15H2,1-3H3,(H,29,31). The number of anilines is 1. The van der Waals surface area contributed by atoms with E-state index in [1.54, 1.807) is 31.2 Å². The van der Waals surface area contributed by atoms with Crippen LogP contribution in [0.1, 0.15) is 27.0 Å². The van der Waals surface area contributed by atoms with Gasteiger partial charge in [0.2, 0.25) is 0 Å². The van der Waals surface area contributed by atoms with Crippen molar-refractivity contribution in [2.75, 3.05) is 17.9 Å². The molecule has 4 rings (SSSR count). The van der Waals surface area contributed by atoms with Gasteiger partial charge in [-0.2, -0.15) is 0 Å². The Hall–Kier alpha value is -3.84. The first-order valence-corrected chi connectivity index (χ1v) is 12.8. The molecule has 180 valence electrons. The second-order valence-corrected chi connectivity index (χ2v) is 10.1. The summed E-state index contributed by atoms with van der Waals surface area (Å²) in [4.78, 5) is 12.7. The van der Waals surface area contributed by atoms with Gasteiger partial charge in [0.25, 0.3) is 15.9 Å². The number of carbonyl (C=O) groups is 1. The first-order chi connectivity index (χ1) is 16.7. The first kappa shape index (κ1) is 24.3. The molecule has 1 amide bonds. The zero-order valence-electron chi connectivity index (χ0n) is 20.0. The highest BCUT2D eigenvalue weighted by Crippen LogP contribution is 2.23. The van der Waals surface area contributed by atoms with Crippen LogP contribution in [0.25, 0.3) is 10.8 Å². The lowest BCUT2D eigenvalue weighted by Gasteiger charge is -2.13. The topological polar surface area (TPSA) is 84.5 Å². The zero-order valence-corrected chi connectivity index (χ0v) is 20.8. The normalized spacial score (nSPS) is 11.3. The Morgan fingerprint density at radius 1 is 0.800 bits per heavy atom. The summed E-state index contributed by atoms with van der Waals surface area (Å²) in [7, 11) is -3.86. The number of amides is 1. The molecule has 0 fully saturated rings. The fourth-order valence-corrected chi connectivity index (χ4v) is 5.06. The van der Waals surface area contributed by atoms with Gasteiger partial charge in [0, 0.05) is 11.3 Å². The maximum atomic E-state index is 13.0. The molecule has 35 heavy (non-hydrogen) atoms. The van der Waals surface area contributed by atoms with Crippen molar-refractivity contribution >= 4 is 32.4 Å². The second kappa shape index (κ2) is 10.2. The molecule has 0 aliphatic rings. The SMILES string of the molecule is Cc1ccc(NS(=O)(=O)c2cc(C(=O)NCCOc3ccc4ccccc4c3)ccc2C)cc1C. The largest absolute Gasteiger partial charge is 0.492 e. The minimum Gasteiger partial charge on any atom is -0.492 e. The molecular weight excluding hydrogens is 460 g/mol. The number of fused-ring (bicyclic) bond motifs is 1. The van der Waals surface area contributed by atoms with Gasteiger partial charge in [-0.25, -0.2) is 8.42 Å². The number of ether oxygens (including phenoxy) is 1. The molecule has 0 saturated heterocycles. The fourth-order valence-electron chi connectivity index (χ4n) is 3.74. The molecule has 6 nitrogen and oxygen atoms in total. The number of rotatable bonds is 8. The summed E-state index contributed by atoms with van der Waals surface area (Å²) >= 11 is 0. The molecule has 0 bridgehead atoms. The summed E-state index contributed by atoms with van der Waals surface area (Å²) in [6.07, 6.45) is 0. The Morgan fingerprint density at radius 3 is 2.31 bits per heavy atom. The maximum Gasteiger partial charge on any atom is 0.262 e. The van der Waals surface area contributed by atoms with Crippen LogP contribution in [0.4, 0.5) is 5.69 Å². The van der Waals surface area contributed by atoms with Crippen molar-refractivity contribution in [1.29, 1.82) is 0 Å². The van der Waals surface area contributed by atoms with Crippen molar-refractivity contribution < 1.29 is 17.9 Å². The lowest BCUT2D eigenvalue weighted by molar-refractivity contribution is 0.0947. The van der Waals surface area contributed by atoms with Gasteiger partial charge in [0.05, 0.1) is 11.4 Å². The predicted octanol–water partition coefficient (Wildman–Crippen LogP) is 5.37. The van der Waals surface area contributed by atoms with Gasteiger partial charge in [0.1, 0.15) is 12.4 Å². The molecule has 7 heteroatoms. The number of hydrogen-bond acceptors (Lipinski definition) is 4. The van der Waals surface area contributed by atoms with Crippen molar-refractivity contribution in [1.82, 2.24) is 5.32 Å². The van der Waals surface area contributed by atoms with Crippen LogP contribution in [-0.4, -0.2) is 27.5 Å². The highest BCUT2D eigenvalue weighted by atomic mass is 32.2. The summed E-state index contributed by atoms with van der Waals surface area (Å²) in [5, 5.41) is 5.00. The van der Waals surface area contributed by atoms with Gasteiger partial charge in [-0.15, -0.1) is 0 Å². The smallest absolute Gasteiger partial charge is 0.262 e. The number of sulfonamides is 1. The number of benzene rings is 4. The quantitative estimate of drug-likeness (QED) is 0.326. The van der Waals surface area contributed by atoms with Crippen molar-refractivity contribution in [3.63, 3.8) is 0 Å². The van der Waals surface area contributed by atoms with E-state index in [0.29, 0.717) is 11.3 Å². The minimum absolute atomic E-state index is 0.0655. The Labute approximate surface area is 206 Å². The lowest BCUT2D eigenvalue weighted by atomic mass is 10.1. The Bertz CT molecular complexity index is 1500. The molecule has 0 aliphatic carbocycles. The van der Waals surface area contributed by atoms with E-state index in [1.807, 2.05) is 62.4 Å². The highest BCUT2D eigenvalue weighted by Gasteiger charge is 2.19. The van der Waals surface area contributed by atoms with E-state index in [4.69, 9.17) is 4.74 Å². The van der Waals surface area contributed by atoms with Crippen LogP contribution in [0.3, 0.4) is 0 Å². The lowest BCUT2D eigenvalue weighted by Crippen LogP contribution is -2.28. The second-order valence-electron chi connectivity index (χ2n) is 8.50. The Morgan fingerprint density at radius 2 is 1.54 bits per heavy atom. The van der Waals surface area contributed by atoms with Crippen LogP contribution >= 0.6 is 0 Å². The molecule has 4 aromatic rings. The summed E-state index contributed by atoms with van der Waals surface area (Å²) < 4.78 is 34.5. The monoisotopic (exact) mass is 488 g/mol. The molecule has 4 aromatic carbocycles. The summed E-state index contributed by atoms with van der Waals surface area (Å²) in [6.45, 7) is 6.16. The van der Waals surface area contributed by atoms with Crippen LogP contribution in [0, 0.1) is 20.8 Å². The molecule has 2 N–H and O–H groups in total. The van der Waals surface area contributed by atoms with E-state index in [0.717, 1.165) is 27.6 Å². The third-order valence-corrected chi connectivity index (χ3v) is 7.40. The van der Waals surface area contributed by atoms with E-state index in [1.165, 1.54) is 6.07 Å². The Kier molecular flexibility index (Phi) is 7.07. The van der Waals surface area contributed by atoms with Crippen LogP contribution in [0.2, 0.25) is 0 Å². The molecule has 0 heterocycles. The third kappa shape index (κ3) is 5.81. The van der Waals surface area contributed by atoms with E-state index in [-0.39, 0.29) is 29.5 Å². The molecular formula is C28H28N2O4S. The van der Waals surface area contributed by atoms with Gasteiger partial charge in [-0.05, 0) is 84.6 Å². The number of nitrogens with one attached hydrogen (secondary N) is 2. The number of aryl methyl sites for hydroxylation is 3. The van der Waals surface area contributed by atoms with Crippen molar-refractivity contribution in [3.8, 4) is 5.75 Å². The van der Waals surface area contributed by atoms with Crippen LogP contribution < -0.4 is 14.8 Å². The molecule has 0 aliphatic heterocycles. The first-order valence-electron chi connectivity index (χ1n) is 11.3. The summed E-state index contributed by atoms with van der Waals surface area (Å²) in [5.74, 6) is 0.355. The van der Waals surface area contributed by atoms with Gasteiger partial charge >= 0.3 is 0 Å². The average Bonchev–Trinajstić information content (AvgIpc) is 2.84. The van der Waals surface area contributed by atoms with E-state index in [9.17, 15) is 13.2 Å². The molecule has 0 aromatic heterocycles. The number of carbonyl (C=O) groups excluding carboxylic acids is 1. The molecule has 0 unspecified atom stereocenters. The Balaban J connectivity index is 1.39. The third-order valence-electron chi connectivity index (χ3n) is 5.88. The predicted molar refractivity (Wildman–Crippen MR) is 140 cm³/mol. The molecule has 0 atom stereocenters. The fraction of sp³-hybridized carbons (Fsp3) is 0.179.